The molecule has 0 spiro atoms. The second-order valence-corrected chi connectivity index (χ2v) is 10.2. The maximum Gasteiger partial charge on any atom is 0.326 e. The predicted molar refractivity (Wildman–Crippen MR) is 144 cm³/mol. The van der Waals surface area contributed by atoms with Gasteiger partial charge in [-0.3, -0.25) is 5.43 Å². The van der Waals surface area contributed by atoms with Crippen molar-refractivity contribution in [3.8, 4) is 22.8 Å². The summed E-state index contributed by atoms with van der Waals surface area (Å²) in [4.78, 5) is 15.4. The average Bonchev–Trinajstić information content (AvgIpc) is 3.31. The summed E-state index contributed by atoms with van der Waals surface area (Å²) in [5, 5.41) is 23.4. The van der Waals surface area contributed by atoms with Crippen molar-refractivity contribution in [3.63, 3.8) is 0 Å². The molecule has 3 aromatic carbocycles. The maximum atomic E-state index is 12.1. The van der Waals surface area contributed by atoms with Crippen LogP contribution in [0.5, 0.6) is 11.5 Å². The van der Waals surface area contributed by atoms with Crippen LogP contribution in [0.4, 0.5) is 20.6 Å². The molecule has 0 aliphatic heterocycles. The molecule has 5 N–H and O–H groups in total. The van der Waals surface area contributed by atoms with Gasteiger partial charge in [-0.05, 0) is 48.0 Å². The molecular formula is C24H21N7O5S2. The first-order valence-electron chi connectivity index (χ1n) is 10.8. The highest BCUT2D eigenvalue weighted by Gasteiger charge is 2.16. The fourth-order valence-corrected chi connectivity index (χ4v) is 4.77. The predicted octanol–water partition coefficient (Wildman–Crippen LogP) is 4.74. The molecule has 0 fully saturated rings. The van der Waals surface area contributed by atoms with Gasteiger partial charge in [-0.2, -0.15) is 5.10 Å². The van der Waals surface area contributed by atoms with Crippen LogP contribution in [0.3, 0.4) is 0 Å². The van der Waals surface area contributed by atoms with Gasteiger partial charge in [0.1, 0.15) is 5.69 Å². The molecule has 1 heterocycles. The molecule has 0 bridgehead atoms. The number of hydrazone groups is 1. The molecule has 0 radical (unpaired) electrons. The molecule has 12 nitrogen and oxygen atoms in total. The monoisotopic (exact) mass is 551 g/mol. The van der Waals surface area contributed by atoms with Gasteiger partial charge in [-0.15, -0.1) is 10.2 Å². The standard InChI is InChI=1S/C24H21N7O5S2/c1-36-20-13-15(7-12-19(20)32)14-26-30-24-27-21(16-5-3-2-4-6-16)22(37-24)29-28-17-8-10-18(11-9-17)38(34,35)31-23(25)33/h2-14,32H,1H3,(H,27,30)(H3,25,31,33)/b26-14-,29-28?. The number of anilines is 1. The number of phenols is 1. The molecule has 194 valence electrons. The molecule has 4 aromatic rings. The highest BCUT2D eigenvalue weighted by Crippen LogP contribution is 2.39. The van der Waals surface area contributed by atoms with E-state index in [-0.39, 0.29) is 10.6 Å². The number of aromatic nitrogens is 1. The van der Waals surface area contributed by atoms with Crippen molar-refractivity contribution in [2.45, 2.75) is 4.90 Å². The number of carbonyl (C=O) groups is 1. The summed E-state index contributed by atoms with van der Waals surface area (Å²) in [6.07, 6.45) is 1.55. The Morgan fingerprint density at radius 2 is 1.82 bits per heavy atom. The minimum atomic E-state index is -4.06. The second-order valence-electron chi connectivity index (χ2n) is 7.50. The van der Waals surface area contributed by atoms with Gasteiger partial charge in [0, 0.05) is 5.56 Å². The summed E-state index contributed by atoms with van der Waals surface area (Å²) >= 11 is 1.21. The molecular weight excluding hydrogens is 530 g/mol. The van der Waals surface area contributed by atoms with Crippen molar-refractivity contribution in [2.75, 3.05) is 12.5 Å². The van der Waals surface area contributed by atoms with E-state index in [2.05, 4.69) is 25.7 Å². The summed E-state index contributed by atoms with van der Waals surface area (Å²) < 4.78 is 30.9. The number of rotatable bonds is 9. The summed E-state index contributed by atoms with van der Waals surface area (Å²) in [6, 6.07) is 18.5. The Balaban J connectivity index is 1.56. The van der Waals surface area contributed by atoms with Gasteiger partial charge in [0.2, 0.25) is 5.13 Å². The first-order chi connectivity index (χ1) is 18.2. The molecule has 2 amide bonds. The third-order valence-corrected chi connectivity index (χ3v) is 7.08. The van der Waals surface area contributed by atoms with E-state index in [9.17, 15) is 18.3 Å². The summed E-state index contributed by atoms with van der Waals surface area (Å²) in [6.45, 7) is 0. The number of amides is 2. The molecule has 0 saturated heterocycles. The molecule has 0 aliphatic rings. The first-order valence-corrected chi connectivity index (χ1v) is 13.1. The Hall–Kier alpha value is -4.82. The van der Waals surface area contributed by atoms with Crippen molar-refractivity contribution in [1.29, 1.82) is 0 Å². The van der Waals surface area contributed by atoms with E-state index in [0.717, 1.165) is 5.56 Å². The summed E-state index contributed by atoms with van der Waals surface area (Å²) in [7, 11) is -2.60. The number of phenolic OH excluding ortho intramolecular Hbond substituents is 1. The Bertz CT molecular complexity index is 1600. The van der Waals surface area contributed by atoms with Crippen LogP contribution in [0, 0.1) is 0 Å². The molecule has 38 heavy (non-hydrogen) atoms. The Morgan fingerprint density at radius 1 is 1.08 bits per heavy atom. The topological polar surface area (TPSA) is 181 Å². The van der Waals surface area contributed by atoms with Crippen molar-refractivity contribution < 1.29 is 23.1 Å². The fraction of sp³-hybridized carbons (Fsp3) is 0.0417. The number of primary amides is 1. The zero-order chi connectivity index (χ0) is 27.1. The number of ether oxygens (including phenoxy) is 1. The number of nitrogens with two attached hydrogens (primary N) is 1. The number of hydrogen-bond acceptors (Lipinski definition) is 11. The number of nitrogens with zero attached hydrogens (tertiary/aromatic N) is 4. The first kappa shape index (κ1) is 26.2. The number of azo groups is 1. The third kappa shape index (κ3) is 6.48. The zero-order valence-corrected chi connectivity index (χ0v) is 21.4. The lowest BCUT2D eigenvalue weighted by molar-refractivity contribution is 0.253. The Kier molecular flexibility index (Phi) is 7.94. The van der Waals surface area contributed by atoms with Crippen LogP contribution in [-0.2, 0) is 10.0 Å². The third-order valence-electron chi connectivity index (χ3n) is 4.87. The van der Waals surface area contributed by atoms with Crippen molar-refractivity contribution >= 4 is 49.4 Å². The quantitative estimate of drug-likeness (QED) is 0.132. The van der Waals surface area contributed by atoms with Crippen molar-refractivity contribution in [3.05, 3.63) is 78.4 Å². The number of carbonyl (C=O) groups excluding carboxylic acids is 1. The minimum absolute atomic E-state index is 0.0265. The molecule has 1 aromatic heterocycles. The molecule has 0 saturated carbocycles. The van der Waals surface area contributed by atoms with Gasteiger partial charge in [0.05, 0.1) is 23.9 Å². The van der Waals surface area contributed by atoms with Gasteiger partial charge < -0.3 is 15.6 Å². The van der Waals surface area contributed by atoms with Crippen LogP contribution in [0.15, 0.2) is 93.0 Å². The number of benzene rings is 3. The lowest BCUT2D eigenvalue weighted by Gasteiger charge is -2.03. The van der Waals surface area contributed by atoms with E-state index < -0.39 is 16.1 Å². The number of aromatic hydroxyl groups is 1. The van der Waals surface area contributed by atoms with Gasteiger partial charge in [0.15, 0.2) is 16.5 Å². The van der Waals surface area contributed by atoms with E-state index in [0.29, 0.717) is 32.8 Å². The maximum absolute atomic E-state index is 12.1. The second kappa shape index (κ2) is 11.5. The van der Waals surface area contributed by atoms with Gasteiger partial charge in [-0.1, -0.05) is 41.7 Å². The number of hydrogen-bond donors (Lipinski definition) is 4. The average molecular weight is 552 g/mol. The van der Waals surface area contributed by atoms with E-state index in [4.69, 9.17) is 10.5 Å². The molecule has 14 heteroatoms. The molecule has 0 unspecified atom stereocenters. The lowest BCUT2D eigenvalue weighted by Crippen LogP contribution is -2.34. The Labute approximate surface area is 221 Å². The molecule has 0 aliphatic carbocycles. The SMILES string of the molecule is COc1cc(/C=N\Nc2nc(-c3ccccc3)c(N=Nc3ccc(S(=O)(=O)NC(N)=O)cc3)s2)ccc1O. The van der Waals surface area contributed by atoms with E-state index in [1.54, 1.807) is 23.1 Å². The van der Waals surface area contributed by atoms with Crippen LogP contribution in [0.1, 0.15) is 5.56 Å². The van der Waals surface area contributed by atoms with E-state index >= 15 is 0 Å². The highest BCUT2D eigenvalue weighted by atomic mass is 32.2. The highest BCUT2D eigenvalue weighted by molar-refractivity contribution is 7.90. The number of urea groups is 1. The number of methoxy groups -OCH3 is 1. The van der Waals surface area contributed by atoms with Crippen molar-refractivity contribution in [1.82, 2.24) is 9.71 Å². The van der Waals surface area contributed by atoms with Crippen LogP contribution < -0.4 is 20.6 Å². The van der Waals surface area contributed by atoms with Crippen molar-refractivity contribution in [2.24, 2.45) is 21.1 Å². The largest absolute Gasteiger partial charge is 0.504 e. The van der Waals surface area contributed by atoms with E-state index in [1.165, 1.54) is 48.8 Å². The number of nitrogens with one attached hydrogen (secondary N) is 2. The normalized spacial score (nSPS) is 11.6. The summed E-state index contributed by atoms with van der Waals surface area (Å²) in [5.74, 6) is 0.352. The number of sulfonamides is 1. The van der Waals surface area contributed by atoms with Gasteiger partial charge >= 0.3 is 6.03 Å². The van der Waals surface area contributed by atoms with Crippen LogP contribution >= 0.6 is 11.3 Å². The fourth-order valence-electron chi connectivity index (χ4n) is 3.13. The number of thiazole rings is 1. The van der Waals surface area contributed by atoms with Gasteiger partial charge in [-0.25, -0.2) is 22.9 Å². The zero-order valence-electron chi connectivity index (χ0n) is 19.8. The van der Waals surface area contributed by atoms with Crippen LogP contribution in [-0.4, -0.2) is 37.9 Å². The van der Waals surface area contributed by atoms with Crippen LogP contribution in [0.2, 0.25) is 0 Å². The van der Waals surface area contributed by atoms with E-state index in [1.807, 2.05) is 30.3 Å². The molecule has 4 rings (SSSR count). The minimum Gasteiger partial charge on any atom is -0.504 e. The lowest BCUT2D eigenvalue weighted by atomic mass is 10.2. The van der Waals surface area contributed by atoms with Crippen LogP contribution in [0.25, 0.3) is 11.3 Å². The summed E-state index contributed by atoms with van der Waals surface area (Å²) in [5.41, 5.74) is 10.2. The smallest absolute Gasteiger partial charge is 0.326 e. The van der Waals surface area contributed by atoms with Gasteiger partial charge in [0.25, 0.3) is 10.0 Å². The Morgan fingerprint density at radius 3 is 2.50 bits per heavy atom. The molecule has 0 atom stereocenters.